The number of fused-ring (bicyclic) bond motifs is 12. The van der Waals surface area contributed by atoms with Gasteiger partial charge in [0.25, 0.3) is 0 Å². The molecule has 0 radical (unpaired) electrons. The maximum atomic E-state index is 6.94. The van der Waals surface area contributed by atoms with Crippen LogP contribution in [0.25, 0.3) is 55.3 Å². The van der Waals surface area contributed by atoms with Crippen molar-refractivity contribution in [2.45, 2.75) is 5.41 Å². The van der Waals surface area contributed by atoms with Gasteiger partial charge in [-0.2, -0.15) is 0 Å². The zero-order valence-corrected chi connectivity index (χ0v) is 34.9. The van der Waals surface area contributed by atoms with E-state index >= 15 is 0 Å². The molecule has 0 fully saturated rings. The van der Waals surface area contributed by atoms with Crippen LogP contribution in [-0.4, -0.2) is 0 Å². The first-order chi connectivity index (χ1) is 31.8. The molecule has 0 saturated carbocycles. The van der Waals surface area contributed by atoms with E-state index in [1.54, 1.807) is 0 Å². The van der Waals surface area contributed by atoms with E-state index in [0.717, 1.165) is 55.8 Å². The topological polar surface area (TPSA) is 19.6 Å². The van der Waals surface area contributed by atoms with Crippen molar-refractivity contribution in [1.29, 1.82) is 0 Å². The lowest BCUT2D eigenvalue weighted by atomic mass is 9.64. The molecule has 3 nitrogen and oxygen atoms in total. The molecule has 0 unspecified atom stereocenters. The molecule has 3 heteroatoms. The molecule has 0 saturated heterocycles. The Bertz CT molecular complexity index is 3540. The number of nitrogens with zero attached hydrogens (tertiary/aromatic N) is 2. The fourth-order valence-corrected chi connectivity index (χ4v) is 11.0. The van der Waals surface area contributed by atoms with E-state index < -0.39 is 5.41 Å². The van der Waals surface area contributed by atoms with Gasteiger partial charge < -0.3 is 14.2 Å². The highest BCUT2D eigenvalue weighted by molar-refractivity contribution is 6.12. The summed E-state index contributed by atoms with van der Waals surface area (Å²) in [5.41, 5.74) is 19.8. The van der Waals surface area contributed by atoms with Crippen LogP contribution >= 0.6 is 0 Å². The summed E-state index contributed by atoms with van der Waals surface area (Å²) >= 11 is 0. The normalized spacial score (nSPS) is 13.1. The van der Waals surface area contributed by atoms with Crippen molar-refractivity contribution in [3.63, 3.8) is 0 Å². The Hall–Kier alpha value is -8.40. The first-order valence-corrected chi connectivity index (χ1v) is 22.0. The fourth-order valence-electron chi connectivity index (χ4n) is 11.0. The van der Waals surface area contributed by atoms with E-state index in [1.807, 2.05) is 0 Å². The molecule has 1 aromatic heterocycles. The second-order valence-corrected chi connectivity index (χ2v) is 16.7. The van der Waals surface area contributed by atoms with Gasteiger partial charge in [0.1, 0.15) is 5.58 Å². The monoisotopic (exact) mass is 816 g/mol. The second kappa shape index (κ2) is 14.3. The molecule has 13 rings (SSSR count). The standard InChI is InChI=1S/C61H40N2O/c1-3-21-41(22-4-1)43-25-7-8-26-44(43)45-27-10-15-35-53(45)63(57-39-19-30-47-46-28-11-18-40-58(46)64-60(47)57)56-38-20-34-52-59(56)48-29-9-12-31-49(48)61(52)50-32-13-16-36-54(50)62(42-23-5-2-6-24-42)55-37-17-14-33-51(55)61/h1-40H. The SMILES string of the molecule is c1ccc(-c2ccccc2-c2ccccc2N(c2cccc3c2-c2ccccc2C32c3ccccc3N(c3ccccc3)c3ccccc32)c2cccc3c2oc2ccccc23)cc1. The van der Waals surface area contributed by atoms with Gasteiger partial charge in [-0.15, -0.1) is 0 Å². The minimum absolute atomic E-state index is 0.614. The van der Waals surface area contributed by atoms with Gasteiger partial charge in [-0.3, -0.25) is 0 Å². The summed E-state index contributed by atoms with van der Waals surface area (Å²) in [5.74, 6) is 0. The van der Waals surface area contributed by atoms with Crippen LogP contribution in [0.4, 0.5) is 34.1 Å². The molecule has 0 amide bonds. The Morgan fingerprint density at radius 1 is 0.344 bits per heavy atom. The Kier molecular flexibility index (Phi) is 8.13. The fraction of sp³-hybridized carbons (Fsp3) is 0.0164. The maximum Gasteiger partial charge on any atom is 0.159 e. The molecule has 0 atom stereocenters. The van der Waals surface area contributed by atoms with E-state index in [-0.39, 0.29) is 0 Å². The lowest BCUT2D eigenvalue weighted by molar-refractivity contribution is 0.669. The van der Waals surface area contributed by atoms with Crippen molar-refractivity contribution < 1.29 is 4.42 Å². The average Bonchev–Trinajstić information content (AvgIpc) is 3.90. The van der Waals surface area contributed by atoms with Crippen molar-refractivity contribution in [3.05, 3.63) is 265 Å². The Labute approximate surface area is 372 Å². The molecule has 11 aromatic rings. The molecule has 2 heterocycles. The highest BCUT2D eigenvalue weighted by Crippen LogP contribution is 2.65. The van der Waals surface area contributed by atoms with Crippen LogP contribution in [-0.2, 0) is 5.41 Å². The largest absolute Gasteiger partial charge is 0.454 e. The summed E-state index contributed by atoms with van der Waals surface area (Å²) in [6.45, 7) is 0. The van der Waals surface area contributed by atoms with Gasteiger partial charge >= 0.3 is 0 Å². The number of furan rings is 1. The molecule has 2 aliphatic rings. The van der Waals surface area contributed by atoms with E-state index in [2.05, 4.69) is 252 Å². The molecular formula is C61H40N2O. The van der Waals surface area contributed by atoms with E-state index in [9.17, 15) is 0 Å². The molecule has 0 N–H and O–H groups in total. The predicted octanol–water partition coefficient (Wildman–Crippen LogP) is 16.5. The number of hydrogen-bond donors (Lipinski definition) is 0. The van der Waals surface area contributed by atoms with Gasteiger partial charge in [-0.1, -0.05) is 194 Å². The molecule has 1 spiro atoms. The van der Waals surface area contributed by atoms with Crippen LogP contribution in [0.1, 0.15) is 22.3 Å². The number of benzene rings is 10. The number of hydrogen-bond acceptors (Lipinski definition) is 3. The molecular weight excluding hydrogens is 777 g/mol. The van der Waals surface area contributed by atoms with Gasteiger partial charge in [0, 0.05) is 27.6 Å². The molecule has 0 bridgehead atoms. The third kappa shape index (κ3) is 5.16. The second-order valence-electron chi connectivity index (χ2n) is 16.7. The summed E-state index contributed by atoms with van der Waals surface area (Å²) < 4.78 is 6.94. The Morgan fingerprint density at radius 3 is 1.62 bits per heavy atom. The van der Waals surface area contributed by atoms with Crippen molar-refractivity contribution in [3.8, 4) is 33.4 Å². The van der Waals surface area contributed by atoms with Crippen molar-refractivity contribution in [2.75, 3.05) is 9.80 Å². The van der Waals surface area contributed by atoms with Crippen LogP contribution in [0, 0.1) is 0 Å². The van der Waals surface area contributed by atoms with E-state index in [4.69, 9.17) is 4.42 Å². The number of para-hydroxylation sites is 6. The molecule has 300 valence electrons. The maximum absolute atomic E-state index is 6.94. The third-order valence-corrected chi connectivity index (χ3v) is 13.5. The predicted molar refractivity (Wildman–Crippen MR) is 265 cm³/mol. The zero-order chi connectivity index (χ0) is 42.2. The summed E-state index contributed by atoms with van der Waals surface area (Å²) in [5, 5.41) is 2.18. The first-order valence-electron chi connectivity index (χ1n) is 22.0. The zero-order valence-electron chi connectivity index (χ0n) is 34.9. The van der Waals surface area contributed by atoms with Crippen LogP contribution in [0.2, 0.25) is 0 Å². The summed E-state index contributed by atoms with van der Waals surface area (Å²) in [6.07, 6.45) is 0. The minimum Gasteiger partial charge on any atom is -0.454 e. The highest BCUT2D eigenvalue weighted by Gasteiger charge is 2.52. The lowest BCUT2D eigenvalue weighted by Gasteiger charge is -2.45. The van der Waals surface area contributed by atoms with Gasteiger partial charge in [-0.25, -0.2) is 0 Å². The van der Waals surface area contributed by atoms with Gasteiger partial charge in [0.2, 0.25) is 0 Å². The van der Waals surface area contributed by atoms with Crippen LogP contribution in [0.3, 0.4) is 0 Å². The number of rotatable bonds is 6. The van der Waals surface area contributed by atoms with Gasteiger partial charge in [0.05, 0.1) is 33.9 Å². The lowest BCUT2D eigenvalue weighted by Crippen LogP contribution is -2.36. The van der Waals surface area contributed by atoms with Gasteiger partial charge in [0.15, 0.2) is 5.58 Å². The van der Waals surface area contributed by atoms with Gasteiger partial charge in [-0.05, 0) is 93.0 Å². The van der Waals surface area contributed by atoms with E-state index in [1.165, 1.54) is 55.9 Å². The van der Waals surface area contributed by atoms with Crippen molar-refractivity contribution >= 4 is 56.1 Å². The smallest absolute Gasteiger partial charge is 0.159 e. The van der Waals surface area contributed by atoms with Crippen LogP contribution in [0.5, 0.6) is 0 Å². The molecule has 1 aliphatic heterocycles. The molecule has 1 aliphatic carbocycles. The third-order valence-electron chi connectivity index (χ3n) is 13.5. The minimum atomic E-state index is -0.614. The Balaban J connectivity index is 1.14. The van der Waals surface area contributed by atoms with Crippen LogP contribution in [0.15, 0.2) is 247 Å². The van der Waals surface area contributed by atoms with Crippen molar-refractivity contribution in [2.24, 2.45) is 0 Å². The summed E-state index contributed by atoms with van der Waals surface area (Å²) in [6, 6.07) is 88.2. The molecule has 10 aromatic carbocycles. The first kappa shape index (κ1) is 36.3. The quantitative estimate of drug-likeness (QED) is 0.167. The Morgan fingerprint density at radius 2 is 0.859 bits per heavy atom. The highest BCUT2D eigenvalue weighted by atomic mass is 16.3. The average molecular weight is 817 g/mol. The van der Waals surface area contributed by atoms with Crippen molar-refractivity contribution in [1.82, 2.24) is 0 Å². The van der Waals surface area contributed by atoms with E-state index in [0.29, 0.717) is 0 Å². The summed E-state index contributed by atoms with van der Waals surface area (Å²) in [7, 11) is 0. The van der Waals surface area contributed by atoms with Crippen LogP contribution < -0.4 is 9.80 Å². The molecule has 64 heavy (non-hydrogen) atoms. The summed E-state index contributed by atoms with van der Waals surface area (Å²) in [4.78, 5) is 4.92. The number of anilines is 6.